The van der Waals surface area contributed by atoms with E-state index >= 15 is 0 Å². The molecule has 0 N–H and O–H groups in total. The molecule has 2 rings (SSSR count). The van der Waals surface area contributed by atoms with Gasteiger partial charge in [0, 0.05) is 14.3 Å². The van der Waals surface area contributed by atoms with Crippen LogP contribution in [-0.2, 0) is 0 Å². The van der Waals surface area contributed by atoms with Crippen LogP contribution in [0.15, 0.2) is 56.7 Å². The summed E-state index contributed by atoms with van der Waals surface area (Å²) in [6.45, 7) is 2.06. The molecule has 0 aromatic heterocycles. The van der Waals surface area contributed by atoms with E-state index in [1.807, 2.05) is 18.2 Å². The third-order valence-electron chi connectivity index (χ3n) is 2.31. The maximum atomic E-state index is 9.05. The van der Waals surface area contributed by atoms with E-state index in [0.29, 0.717) is 5.56 Å². The van der Waals surface area contributed by atoms with Crippen LogP contribution < -0.4 is 0 Å². The van der Waals surface area contributed by atoms with Gasteiger partial charge in [-0.25, -0.2) is 0 Å². The monoisotopic (exact) mass is 303 g/mol. The van der Waals surface area contributed by atoms with E-state index < -0.39 is 0 Å². The topological polar surface area (TPSA) is 23.8 Å². The first-order valence-electron chi connectivity index (χ1n) is 5.13. The zero-order valence-electron chi connectivity index (χ0n) is 9.27. The standard InChI is InChI=1S/C14H10BrNS/c1-10-2-6-13(7-3-10)17-14-8-12(15)5-4-11(14)9-16/h2-8H,1H3. The van der Waals surface area contributed by atoms with Crippen LogP contribution in [0.25, 0.3) is 0 Å². The predicted molar refractivity (Wildman–Crippen MR) is 74.2 cm³/mol. The number of halogens is 1. The molecule has 0 fully saturated rings. The van der Waals surface area contributed by atoms with Gasteiger partial charge in [-0.05, 0) is 37.3 Å². The first kappa shape index (κ1) is 12.2. The van der Waals surface area contributed by atoms with Crippen LogP contribution in [0.3, 0.4) is 0 Å². The predicted octanol–water partition coefficient (Wildman–Crippen LogP) is 4.78. The molecular formula is C14H10BrNS. The quantitative estimate of drug-likeness (QED) is 0.797. The molecule has 2 aromatic carbocycles. The zero-order valence-corrected chi connectivity index (χ0v) is 11.7. The number of nitriles is 1. The summed E-state index contributed by atoms with van der Waals surface area (Å²) in [5.41, 5.74) is 1.95. The van der Waals surface area contributed by atoms with E-state index in [2.05, 4.69) is 53.2 Å². The molecule has 0 saturated heterocycles. The molecule has 0 heterocycles. The summed E-state index contributed by atoms with van der Waals surface area (Å²) in [6, 6.07) is 16.2. The molecule has 84 valence electrons. The molecule has 0 spiro atoms. The second-order valence-corrected chi connectivity index (χ2v) is 5.70. The fraction of sp³-hybridized carbons (Fsp3) is 0.0714. The first-order valence-corrected chi connectivity index (χ1v) is 6.74. The molecule has 0 saturated carbocycles. The van der Waals surface area contributed by atoms with Gasteiger partial charge in [-0.15, -0.1) is 0 Å². The third kappa shape index (κ3) is 3.12. The number of hydrogen-bond donors (Lipinski definition) is 0. The van der Waals surface area contributed by atoms with Crippen molar-refractivity contribution in [3.8, 4) is 6.07 Å². The summed E-state index contributed by atoms with van der Waals surface area (Å²) in [7, 11) is 0. The van der Waals surface area contributed by atoms with Crippen LogP contribution in [0.2, 0.25) is 0 Å². The third-order valence-corrected chi connectivity index (χ3v) is 3.87. The summed E-state index contributed by atoms with van der Waals surface area (Å²) >= 11 is 5.04. The lowest BCUT2D eigenvalue weighted by molar-refractivity contribution is 1.32. The van der Waals surface area contributed by atoms with Gasteiger partial charge in [-0.2, -0.15) is 5.26 Å². The van der Waals surface area contributed by atoms with Gasteiger partial charge in [0.05, 0.1) is 5.56 Å². The van der Waals surface area contributed by atoms with Crippen LogP contribution in [0.4, 0.5) is 0 Å². The normalized spacial score (nSPS) is 9.94. The number of rotatable bonds is 2. The highest BCUT2D eigenvalue weighted by atomic mass is 79.9. The molecule has 0 unspecified atom stereocenters. The van der Waals surface area contributed by atoms with Gasteiger partial charge in [-0.1, -0.05) is 45.4 Å². The van der Waals surface area contributed by atoms with E-state index in [1.165, 1.54) is 5.56 Å². The van der Waals surface area contributed by atoms with Gasteiger partial charge in [0.1, 0.15) is 6.07 Å². The van der Waals surface area contributed by atoms with Gasteiger partial charge in [0.25, 0.3) is 0 Å². The smallest absolute Gasteiger partial charge is 0.100 e. The molecule has 3 heteroatoms. The number of aryl methyl sites for hydroxylation is 1. The van der Waals surface area contributed by atoms with Gasteiger partial charge >= 0.3 is 0 Å². The van der Waals surface area contributed by atoms with Crippen molar-refractivity contribution in [3.63, 3.8) is 0 Å². The fourth-order valence-electron chi connectivity index (χ4n) is 1.41. The molecule has 2 aromatic rings. The van der Waals surface area contributed by atoms with E-state index in [0.717, 1.165) is 14.3 Å². The molecule has 17 heavy (non-hydrogen) atoms. The Kier molecular flexibility index (Phi) is 3.88. The van der Waals surface area contributed by atoms with Crippen molar-refractivity contribution in [3.05, 3.63) is 58.1 Å². The Balaban J connectivity index is 2.32. The summed E-state index contributed by atoms with van der Waals surface area (Å²) in [4.78, 5) is 2.12. The Morgan fingerprint density at radius 2 is 1.82 bits per heavy atom. The lowest BCUT2D eigenvalue weighted by Crippen LogP contribution is -1.81. The second kappa shape index (κ2) is 5.39. The van der Waals surface area contributed by atoms with Crippen molar-refractivity contribution in [2.75, 3.05) is 0 Å². The van der Waals surface area contributed by atoms with Crippen molar-refractivity contribution in [2.24, 2.45) is 0 Å². The van der Waals surface area contributed by atoms with Crippen LogP contribution in [-0.4, -0.2) is 0 Å². The molecule has 0 bridgehead atoms. The Morgan fingerprint density at radius 1 is 1.12 bits per heavy atom. The average Bonchev–Trinajstić information content (AvgIpc) is 2.32. The maximum absolute atomic E-state index is 9.05. The summed E-state index contributed by atoms with van der Waals surface area (Å²) in [5.74, 6) is 0. The second-order valence-electron chi connectivity index (χ2n) is 3.67. The fourth-order valence-corrected chi connectivity index (χ4v) is 2.85. The van der Waals surface area contributed by atoms with Crippen molar-refractivity contribution >= 4 is 27.7 Å². The number of benzene rings is 2. The van der Waals surface area contributed by atoms with Gasteiger partial charge in [-0.3, -0.25) is 0 Å². The van der Waals surface area contributed by atoms with Crippen LogP contribution >= 0.6 is 27.7 Å². The Labute approximate surface area is 114 Å². The SMILES string of the molecule is Cc1ccc(Sc2cc(Br)ccc2C#N)cc1. The Hall–Kier alpha value is -1.24. The maximum Gasteiger partial charge on any atom is 0.100 e. The van der Waals surface area contributed by atoms with Crippen LogP contribution in [0.1, 0.15) is 11.1 Å². The molecule has 0 amide bonds. The van der Waals surface area contributed by atoms with E-state index in [-0.39, 0.29) is 0 Å². The molecule has 0 radical (unpaired) electrons. The van der Waals surface area contributed by atoms with Gasteiger partial charge in [0.15, 0.2) is 0 Å². The average molecular weight is 304 g/mol. The molecule has 0 atom stereocenters. The minimum atomic E-state index is 0.707. The van der Waals surface area contributed by atoms with Gasteiger partial charge in [0.2, 0.25) is 0 Å². The summed E-state index contributed by atoms with van der Waals surface area (Å²) in [5, 5.41) is 9.05. The Bertz CT molecular complexity index is 570. The van der Waals surface area contributed by atoms with E-state index in [1.54, 1.807) is 11.8 Å². The first-order chi connectivity index (χ1) is 8.19. The molecule has 0 aliphatic rings. The minimum absolute atomic E-state index is 0.707. The lowest BCUT2D eigenvalue weighted by Gasteiger charge is -2.05. The summed E-state index contributed by atoms with van der Waals surface area (Å²) in [6.07, 6.45) is 0. The van der Waals surface area contributed by atoms with Crippen LogP contribution in [0, 0.1) is 18.3 Å². The highest BCUT2D eigenvalue weighted by molar-refractivity contribution is 9.10. The largest absolute Gasteiger partial charge is 0.192 e. The zero-order chi connectivity index (χ0) is 12.3. The van der Waals surface area contributed by atoms with Crippen molar-refractivity contribution in [1.29, 1.82) is 5.26 Å². The van der Waals surface area contributed by atoms with Crippen LogP contribution in [0.5, 0.6) is 0 Å². The van der Waals surface area contributed by atoms with E-state index in [9.17, 15) is 0 Å². The molecule has 0 aliphatic carbocycles. The molecule has 1 nitrogen and oxygen atoms in total. The van der Waals surface area contributed by atoms with Gasteiger partial charge < -0.3 is 0 Å². The van der Waals surface area contributed by atoms with Crippen molar-refractivity contribution < 1.29 is 0 Å². The molecular weight excluding hydrogens is 294 g/mol. The van der Waals surface area contributed by atoms with Crippen molar-refractivity contribution in [1.82, 2.24) is 0 Å². The lowest BCUT2D eigenvalue weighted by atomic mass is 10.2. The highest BCUT2D eigenvalue weighted by Crippen LogP contribution is 2.32. The number of nitrogens with zero attached hydrogens (tertiary/aromatic N) is 1. The van der Waals surface area contributed by atoms with E-state index in [4.69, 9.17) is 5.26 Å². The highest BCUT2D eigenvalue weighted by Gasteiger charge is 2.04. The Morgan fingerprint density at radius 3 is 2.47 bits per heavy atom. The summed E-state index contributed by atoms with van der Waals surface area (Å²) < 4.78 is 0.992. The van der Waals surface area contributed by atoms with Crippen molar-refractivity contribution in [2.45, 2.75) is 16.7 Å². The number of hydrogen-bond acceptors (Lipinski definition) is 2. The molecule has 0 aliphatic heterocycles. The minimum Gasteiger partial charge on any atom is -0.192 e.